The maximum absolute atomic E-state index is 6.02. The second-order valence-corrected chi connectivity index (χ2v) is 5.36. The Morgan fingerprint density at radius 1 is 1.22 bits per heavy atom. The predicted molar refractivity (Wildman–Crippen MR) is 79.5 cm³/mol. The molecule has 0 heterocycles. The Balaban J connectivity index is 2.49. The molecule has 3 N–H and O–H groups in total. The highest BCUT2D eigenvalue weighted by Gasteiger charge is 2.16. The molecule has 94 valence electrons. The monoisotopic (exact) mass is 324 g/mol. The minimum atomic E-state index is -0.0852. The predicted octanol–water partition coefficient (Wildman–Crippen LogP) is 3.96. The molecular weight excluding hydrogens is 312 g/mol. The first-order chi connectivity index (χ1) is 8.63. The van der Waals surface area contributed by atoms with Gasteiger partial charge in [0.15, 0.2) is 0 Å². The number of aryl methyl sites for hydroxylation is 1. The van der Waals surface area contributed by atoms with E-state index in [2.05, 4.69) is 34.3 Å². The van der Waals surface area contributed by atoms with Gasteiger partial charge in [-0.25, -0.2) is 5.43 Å². The first kappa shape index (κ1) is 13.6. The molecule has 0 bridgehead atoms. The molecule has 1 unspecified atom stereocenters. The summed E-state index contributed by atoms with van der Waals surface area (Å²) >= 11 is 9.63. The van der Waals surface area contributed by atoms with Gasteiger partial charge in [0.1, 0.15) is 0 Å². The highest BCUT2D eigenvalue weighted by molar-refractivity contribution is 9.10. The van der Waals surface area contributed by atoms with E-state index < -0.39 is 0 Å². The second-order valence-electron chi connectivity index (χ2n) is 4.13. The van der Waals surface area contributed by atoms with E-state index in [0.717, 1.165) is 15.6 Å². The standard InChI is InChI=1S/C14H14BrClN2/c1-9-4-2-7-12(13(9)15)14(18-17)10-5-3-6-11(16)8-10/h2-8,14,18H,17H2,1H3. The molecule has 0 aromatic heterocycles. The lowest BCUT2D eigenvalue weighted by Crippen LogP contribution is -2.29. The molecule has 2 nitrogen and oxygen atoms in total. The number of hydrogen-bond acceptors (Lipinski definition) is 2. The molecule has 2 aromatic carbocycles. The number of nitrogens with two attached hydrogens (primary N) is 1. The van der Waals surface area contributed by atoms with Crippen LogP contribution in [0.25, 0.3) is 0 Å². The summed E-state index contributed by atoms with van der Waals surface area (Å²) in [6.07, 6.45) is 0. The lowest BCUT2D eigenvalue weighted by Gasteiger charge is -2.19. The largest absolute Gasteiger partial charge is 0.271 e. The Morgan fingerprint density at radius 3 is 2.61 bits per heavy atom. The quantitative estimate of drug-likeness (QED) is 0.662. The molecule has 0 radical (unpaired) electrons. The molecule has 0 aliphatic rings. The fourth-order valence-electron chi connectivity index (χ4n) is 1.94. The van der Waals surface area contributed by atoms with Crippen molar-refractivity contribution in [3.05, 3.63) is 68.7 Å². The van der Waals surface area contributed by atoms with Crippen molar-refractivity contribution >= 4 is 27.5 Å². The maximum atomic E-state index is 6.02. The average molecular weight is 326 g/mol. The number of rotatable bonds is 3. The first-order valence-electron chi connectivity index (χ1n) is 5.60. The SMILES string of the molecule is Cc1cccc(C(NN)c2cccc(Cl)c2)c1Br. The summed E-state index contributed by atoms with van der Waals surface area (Å²) in [6, 6.07) is 13.7. The van der Waals surface area contributed by atoms with E-state index in [4.69, 9.17) is 17.4 Å². The van der Waals surface area contributed by atoms with Crippen molar-refractivity contribution in [1.29, 1.82) is 0 Å². The van der Waals surface area contributed by atoms with Gasteiger partial charge in [-0.3, -0.25) is 5.84 Å². The molecule has 2 rings (SSSR count). The molecule has 0 saturated heterocycles. The van der Waals surface area contributed by atoms with Crippen LogP contribution in [0.2, 0.25) is 5.02 Å². The molecular formula is C14H14BrClN2. The highest BCUT2D eigenvalue weighted by Crippen LogP contribution is 2.31. The van der Waals surface area contributed by atoms with Gasteiger partial charge in [-0.2, -0.15) is 0 Å². The van der Waals surface area contributed by atoms with E-state index >= 15 is 0 Å². The first-order valence-corrected chi connectivity index (χ1v) is 6.77. The van der Waals surface area contributed by atoms with E-state index in [1.165, 1.54) is 5.56 Å². The Morgan fingerprint density at radius 2 is 1.94 bits per heavy atom. The fraction of sp³-hybridized carbons (Fsp3) is 0.143. The molecule has 0 spiro atoms. The zero-order valence-electron chi connectivity index (χ0n) is 9.95. The van der Waals surface area contributed by atoms with Crippen molar-refractivity contribution < 1.29 is 0 Å². The Bertz CT molecular complexity index is 557. The summed E-state index contributed by atoms with van der Waals surface area (Å²) in [4.78, 5) is 0. The van der Waals surface area contributed by atoms with E-state index in [-0.39, 0.29) is 6.04 Å². The normalized spacial score (nSPS) is 12.4. The number of nitrogens with one attached hydrogen (secondary N) is 1. The molecule has 0 saturated carbocycles. The minimum Gasteiger partial charge on any atom is -0.271 e. The summed E-state index contributed by atoms with van der Waals surface area (Å²) < 4.78 is 1.06. The summed E-state index contributed by atoms with van der Waals surface area (Å²) in [6.45, 7) is 2.05. The van der Waals surface area contributed by atoms with Gasteiger partial charge in [0, 0.05) is 9.50 Å². The van der Waals surface area contributed by atoms with Crippen LogP contribution in [0.4, 0.5) is 0 Å². The maximum Gasteiger partial charge on any atom is 0.0721 e. The Labute approximate surface area is 120 Å². The van der Waals surface area contributed by atoms with Gasteiger partial charge in [-0.05, 0) is 35.7 Å². The van der Waals surface area contributed by atoms with E-state index in [9.17, 15) is 0 Å². The summed E-state index contributed by atoms with van der Waals surface area (Å²) in [5, 5.41) is 0.705. The summed E-state index contributed by atoms with van der Waals surface area (Å²) in [5.74, 6) is 5.69. The van der Waals surface area contributed by atoms with Crippen molar-refractivity contribution in [2.24, 2.45) is 5.84 Å². The molecule has 0 aliphatic heterocycles. The Hall–Kier alpha value is -0.870. The Kier molecular flexibility index (Phi) is 4.40. The van der Waals surface area contributed by atoms with Crippen LogP contribution in [0.5, 0.6) is 0 Å². The average Bonchev–Trinajstić information content (AvgIpc) is 2.35. The summed E-state index contributed by atoms with van der Waals surface area (Å²) in [5.41, 5.74) is 6.15. The zero-order chi connectivity index (χ0) is 13.1. The molecule has 4 heteroatoms. The van der Waals surface area contributed by atoms with Crippen LogP contribution >= 0.6 is 27.5 Å². The topological polar surface area (TPSA) is 38.0 Å². The van der Waals surface area contributed by atoms with Crippen LogP contribution < -0.4 is 11.3 Å². The van der Waals surface area contributed by atoms with Gasteiger partial charge in [0.25, 0.3) is 0 Å². The fourth-order valence-corrected chi connectivity index (χ4v) is 2.64. The van der Waals surface area contributed by atoms with Gasteiger partial charge >= 0.3 is 0 Å². The van der Waals surface area contributed by atoms with Gasteiger partial charge in [-0.15, -0.1) is 0 Å². The van der Waals surface area contributed by atoms with Crippen LogP contribution in [0.3, 0.4) is 0 Å². The lowest BCUT2D eigenvalue weighted by molar-refractivity contribution is 0.634. The highest BCUT2D eigenvalue weighted by atomic mass is 79.9. The van der Waals surface area contributed by atoms with Crippen molar-refractivity contribution in [3.8, 4) is 0 Å². The molecule has 2 aromatic rings. The third-order valence-electron chi connectivity index (χ3n) is 2.88. The van der Waals surface area contributed by atoms with Gasteiger partial charge in [0.2, 0.25) is 0 Å². The number of hydrazine groups is 1. The molecule has 0 aliphatic carbocycles. The van der Waals surface area contributed by atoms with Crippen LogP contribution in [0.1, 0.15) is 22.7 Å². The van der Waals surface area contributed by atoms with E-state index in [1.807, 2.05) is 36.4 Å². The minimum absolute atomic E-state index is 0.0852. The van der Waals surface area contributed by atoms with E-state index in [0.29, 0.717) is 5.02 Å². The van der Waals surface area contributed by atoms with Gasteiger partial charge < -0.3 is 0 Å². The third kappa shape index (κ3) is 2.75. The van der Waals surface area contributed by atoms with Gasteiger partial charge in [-0.1, -0.05) is 57.9 Å². The van der Waals surface area contributed by atoms with Crippen molar-refractivity contribution in [2.75, 3.05) is 0 Å². The third-order valence-corrected chi connectivity index (χ3v) is 4.20. The van der Waals surface area contributed by atoms with Crippen LogP contribution in [0.15, 0.2) is 46.9 Å². The second kappa shape index (κ2) is 5.85. The zero-order valence-corrected chi connectivity index (χ0v) is 12.3. The van der Waals surface area contributed by atoms with E-state index in [1.54, 1.807) is 0 Å². The molecule has 18 heavy (non-hydrogen) atoms. The van der Waals surface area contributed by atoms with Gasteiger partial charge in [0.05, 0.1) is 6.04 Å². The molecule has 1 atom stereocenters. The smallest absolute Gasteiger partial charge is 0.0721 e. The van der Waals surface area contributed by atoms with Crippen LogP contribution in [-0.4, -0.2) is 0 Å². The van der Waals surface area contributed by atoms with Crippen molar-refractivity contribution in [1.82, 2.24) is 5.43 Å². The number of benzene rings is 2. The number of halogens is 2. The van der Waals surface area contributed by atoms with Crippen molar-refractivity contribution in [2.45, 2.75) is 13.0 Å². The number of hydrogen-bond donors (Lipinski definition) is 2. The molecule has 0 amide bonds. The lowest BCUT2D eigenvalue weighted by atomic mass is 9.98. The summed E-state index contributed by atoms with van der Waals surface area (Å²) in [7, 11) is 0. The molecule has 0 fully saturated rings. The van der Waals surface area contributed by atoms with Crippen LogP contribution in [0, 0.1) is 6.92 Å². The van der Waals surface area contributed by atoms with Crippen LogP contribution in [-0.2, 0) is 0 Å². The van der Waals surface area contributed by atoms with Crippen molar-refractivity contribution in [3.63, 3.8) is 0 Å².